The van der Waals surface area contributed by atoms with Gasteiger partial charge in [-0.3, -0.25) is 0 Å². The molecule has 0 rings (SSSR count). The van der Waals surface area contributed by atoms with E-state index in [1.54, 1.807) is 12.2 Å². The highest BCUT2D eigenvalue weighted by molar-refractivity contribution is 14.1. The Hall–Kier alpha value is 0.170. The quantitative estimate of drug-likeness (QED) is 0.324. The van der Waals surface area contributed by atoms with Gasteiger partial charge in [-0.1, -0.05) is 41.7 Å². The third kappa shape index (κ3) is 24.2. The van der Waals surface area contributed by atoms with Crippen LogP contribution in [0, 0.1) is 0 Å². The Balaban J connectivity index is 0. The molecular formula is C8H15IO. The van der Waals surface area contributed by atoms with E-state index in [4.69, 9.17) is 4.74 Å². The van der Waals surface area contributed by atoms with Crippen molar-refractivity contribution in [3.05, 3.63) is 25.3 Å². The zero-order chi connectivity index (χ0) is 8.24. The highest BCUT2D eigenvalue weighted by Crippen LogP contribution is 1.72. The first kappa shape index (κ1) is 12.8. The molecule has 0 unspecified atom stereocenters. The highest BCUT2D eigenvalue weighted by atomic mass is 127. The molecule has 60 valence electrons. The summed E-state index contributed by atoms with van der Waals surface area (Å²) < 4.78 is 6.12. The van der Waals surface area contributed by atoms with Crippen molar-refractivity contribution >= 4 is 22.6 Å². The molecule has 0 saturated heterocycles. The molecule has 1 nitrogen and oxygen atoms in total. The Morgan fingerprint density at radius 3 is 1.80 bits per heavy atom. The maximum absolute atomic E-state index is 4.90. The number of ether oxygens (including phenoxy) is 1. The number of rotatable bonds is 4. The lowest BCUT2D eigenvalue weighted by molar-refractivity contribution is 0.194. The van der Waals surface area contributed by atoms with Crippen LogP contribution in [0.1, 0.15) is 6.92 Å². The number of hydrogen-bond acceptors (Lipinski definition) is 1. The summed E-state index contributed by atoms with van der Waals surface area (Å²) >= 11 is 2.29. The molecule has 0 aliphatic rings. The van der Waals surface area contributed by atoms with E-state index >= 15 is 0 Å². The van der Waals surface area contributed by atoms with Crippen LogP contribution in [0.25, 0.3) is 0 Å². The minimum absolute atomic E-state index is 0.617. The maximum atomic E-state index is 4.90. The lowest BCUT2D eigenvalue weighted by Gasteiger charge is -1.89. The first-order valence-corrected chi connectivity index (χ1v) is 4.71. The molecule has 0 amide bonds. The average Bonchev–Trinajstić information content (AvgIpc) is 1.91. The van der Waals surface area contributed by atoms with E-state index in [1.165, 1.54) is 4.43 Å². The fourth-order valence-electron chi connectivity index (χ4n) is 0.235. The van der Waals surface area contributed by atoms with Crippen molar-refractivity contribution in [2.24, 2.45) is 0 Å². The number of alkyl halides is 1. The Bertz CT molecular complexity index is 63.7. The van der Waals surface area contributed by atoms with Gasteiger partial charge in [-0.25, -0.2) is 0 Å². The first-order chi connectivity index (χ1) is 4.83. The van der Waals surface area contributed by atoms with Gasteiger partial charge in [-0.15, -0.1) is 13.2 Å². The Morgan fingerprint density at radius 1 is 1.30 bits per heavy atom. The van der Waals surface area contributed by atoms with Crippen molar-refractivity contribution in [2.75, 3.05) is 17.6 Å². The maximum Gasteiger partial charge on any atom is 0.0649 e. The van der Waals surface area contributed by atoms with E-state index in [2.05, 4.69) is 42.7 Å². The second-order valence-corrected chi connectivity index (χ2v) is 2.91. The molecule has 0 aromatic heterocycles. The van der Waals surface area contributed by atoms with Crippen LogP contribution in [0.2, 0.25) is 0 Å². The molecule has 0 aliphatic carbocycles. The highest BCUT2D eigenvalue weighted by Gasteiger charge is 1.70. The van der Waals surface area contributed by atoms with Crippen LogP contribution in [0.15, 0.2) is 25.3 Å². The smallest absolute Gasteiger partial charge is 0.0649 e. The van der Waals surface area contributed by atoms with Crippen LogP contribution < -0.4 is 0 Å². The first-order valence-electron chi connectivity index (χ1n) is 3.18. The molecule has 0 spiro atoms. The zero-order valence-electron chi connectivity index (χ0n) is 6.48. The monoisotopic (exact) mass is 254 g/mol. The van der Waals surface area contributed by atoms with Crippen molar-refractivity contribution in [1.29, 1.82) is 0 Å². The standard InChI is InChI=1S/C6H10O.C2H5I/c1-3-5-7-6-4-2;1-2-3/h3-4H,1-2,5-6H2;2H2,1H3. The molecule has 0 bridgehead atoms. The van der Waals surface area contributed by atoms with E-state index in [1.807, 2.05) is 0 Å². The third-order valence-corrected chi connectivity index (χ3v) is 0.471. The van der Waals surface area contributed by atoms with E-state index in [-0.39, 0.29) is 0 Å². The van der Waals surface area contributed by atoms with Crippen molar-refractivity contribution in [3.63, 3.8) is 0 Å². The molecule has 0 radical (unpaired) electrons. The van der Waals surface area contributed by atoms with Crippen LogP contribution >= 0.6 is 22.6 Å². The van der Waals surface area contributed by atoms with Crippen molar-refractivity contribution in [3.8, 4) is 0 Å². The second-order valence-electron chi connectivity index (χ2n) is 1.38. The van der Waals surface area contributed by atoms with Crippen molar-refractivity contribution in [2.45, 2.75) is 6.92 Å². The van der Waals surface area contributed by atoms with E-state index in [0.717, 1.165) is 0 Å². The van der Waals surface area contributed by atoms with E-state index in [0.29, 0.717) is 13.2 Å². The molecule has 0 aromatic carbocycles. The summed E-state index contributed by atoms with van der Waals surface area (Å²) in [7, 11) is 0. The zero-order valence-corrected chi connectivity index (χ0v) is 8.63. The summed E-state index contributed by atoms with van der Waals surface area (Å²) in [4.78, 5) is 0. The van der Waals surface area contributed by atoms with Crippen LogP contribution in [0.3, 0.4) is 0 Å². The molecule has 0 saturated carbocycles. The van der Waals surface area contributed by atoms with Gasteiger partial charge in [0, 0.05) is 0 Å². The predicted molar refractivity (Wildman–Crippen MR) is 55.8 cm³/mol. The van der Waals surface area contributed by atoms with Crippen LogP contribution in [-0.2, 0) is 4.74 Å². The van der Waals surface area contributed by atoms with Gasteiger partial charge < -0.3 is 4.74 Å². The van der Waals surface area contributed by atoms with Crippen molar-refractivity contribution in [1.82, 2.24) is 0 Å². The van der Waals surface area contributed by atoms with Crippen LogP contribution in [0.4, 0.5) is 0 Å². The molecule has 0 aliphatic heterocycles. The summed E-state index contributed by atoms with van der Waals surface area (Å²) in [6.45, 7) is 10.3. The van der Waals surface area contributed by atoms with Gasteiger partial charge in [0.15, 0.2) is 0 Å². The third-order valence-electron chi connectivity index (χ3n) is 0.471. The Morgan fingerprint density at radius 2 is 1.60 bits per heavy atom. The molecule has 0 aromatic rings. The molecule has 0 heterocycles. The average molecular weight is 254 g/mol. The molecular weight excluding hydrogens is 239 g/mol. The molecule has 0 atom stereocenters. The minimum Gasteiger partial charge on any atom is -0.373 e. The van der Waals surface area contributed by atoms with Crippen LogP contribution in [-0.4, -0.2) is 17.6 Å². The van der Waals surface area contributed by atoms with Gasteiger partial charge in [0.1, 0.15) is 0 Å². The summed E-state index contributed by atoms with van der Waals surface area (Å²) in [6, 6.07) is 0. The summed E-state index contributed by atoms with van der Waals surface area (Å²) in [5, 5.41) is 0. The number of hydrogen-bond donors (Lipinski definition) is 0. The van der Waals surface area contributed by atoms with E-state index in [9.17, 15) is 0 Å². The van der Waals surface area contributed by atoms with Crippen LogP contribution in [0.5, 0.6) is 0 Å². The predicted octanol–water partition coefficient (Wildman–Crippen LogP) is 2.82. The summed E-state index contributed by atoms with van der Waals surface area (Å²) in [5.41, 5.74) is 0. The van der Waals surface area contributed by atoms with Gasteiger partial charge >= 0.3 is 0 Å². The Kier molecular flexibility index (Phi) is 20.6. The molecule has 10 heavy (non-hydrogen) atoms. The second kappa shape index (κ2) is 16.1. The van der Waals surface area contributed by atoms with Gasteiger partial charge in [-0.2, -0.15) is 0 Å². The lowest BCUT2D eigenvalue weighted by atomic mass is 10.6. The Labute approximate surface area is 77.3 Å². The lowest BCUT2D eigenvalue weighted by Crippen LogP contribution is -1.87. The summed E-state index contributed by atoms with van der Waals surface area (Å²) in [5.74, 6) is 0. The molecule has 2 heteroatoms. The topological polar surface area (TPSA) is 9.23 Å². The SMILES string of the molecule is C=CCOCC=C.CCI. The fourth-order valence-corrected chi connectivity index (χ4v) is 0.235. The van der Waals surface area contributed by atoms with Gasteiger partial charge in [-0.05, 0) is 4.43 Å². The summed E-state index contributed by atoms with van der Waals surface area (Å²) in [6.07, 6.45) is 3.42. The number of halogens is 1. The minimum atomic E-state index is 0.617. The van der Waals surface area contributed by atoms with E-state index < -0.39 is 0 Å². The molecule has 0 N–H and O–H groups in total. The van der Waals surface area contributed by atoms with Gasteiger partial charge in [0.05, 0.1) is 13.2 Å². The normalized spacial score (nSPS) is 7.40. The van der Waals surface area contributed by atoms with Gasteiger partial charge in [0.2, 0.25) is 0 Å². The largest absolute Gasteiger partial charge is 0.373 e. The van der Waals surface area contributed by atoms with Crippen molar-refractivity contribution < 1.29 is 4.74 Å². The molecule has 0 fully saturated rings. The van der Waals surface area contributed by atoms with Gasteiger partial charge in [0.25, 0.3) is 0 Å². The fraction of sp³-hybridized carbons (Fsp3) is 0.500.